The van der Waals surface area contributed by atoms with E-state index in [1.165, 1.54) is 31.5 Å². The summed E-state index contributed by atoms with van der Waals surface area (Å²) in [5.74, 6) is -3.78. The quantitative estimate of drug-likeness (QED) is 0.0656. The molecule has 362 valence electrons. The molecule has 1 N–H and O–H groups in total. The Kier molecular flexibility index (Phi) is 25.9. The standard InChI is InChI=1S/C50H84N6O8/c1-15-16-17-20-26-31-41(57)54(12)43(35(2)3)49(63)56(14)45(37(6)7)50(64)55(13)44(36(4)5)48(62)52(10)38(8)46(60)53(11)40(34-39-29-24-23-25-30-39)47(61)51(9)33-28-22-19-18-21-27-32-42(58)59/h15,23-25,29-30,35-38,40,43-45H,1,16-22,26-28,31-34H2,2-14H3,(H,58,59)/t38-,40-,43-,44-,45-/m0/s1. The van der Waals surface area contributed by atoms with Gasteiger partial charge in [-0.1, -0.05) is 110 Å². The second-order valence-corrected chi connectivity index (χ2v) is 18.7. The van der Waals surface area contributed by atoms with Crippen LogP contribution in [0.5, 0.6) is 0 Å². The molecule has 0 unspecified atom stereocenters. The Morgan fingerprint density at radius 3 is 1.45 bits per heavy atom. The summed E-state index contributed by atoms with van der Waals surface area (Å²) >= 11 is 0. The Labute approximate surface area is 385 Å². The molecular formula is C50H84N6O8. The maximum atomic E-state index is 14.6. The number of carboxylic acids is 1. The average molecular weight is 897 g/mol. The molecule has 1 aromatic carbocycles. The first-order chi connectivity index (χ1) is 30.0. The molecule has 14 nitrogen and oxygen atoms in total. The second kappa shape index (κ2) is 28.9. The Bertz CT molecular complexity index is 1650. The number of benzene rings is 1. The predicted octanol–water partition coefficient (Wildman–Crippen LogP) is 6.76. The fraction of sp³-hybridized carbons (Fsp3) is 0.700. The van der Waals surface area contributed by atoms with Crippen molar-refractivity contribution in [3.05, 3.63) is 48.6 Å². The lowest BCUT2D eigenvalue weighted by molar-refractivity contribution is -0.157. The van der Waals surface area contributed by atoms with Gasteiger partial charge in [0.15, 0.2) is 0 Å². The molecule has 64 heavy (non-hydrogen) atoms. The van der Waals surface area contributed by atoms with Crippen LogP contribution in [0.1, 0.15) is 131 Å². The minimum absolute atomic E-state index is 0.135. The van der Waals surface area contributed by atoms with Crippen molar-refractivity contribution in [2.75, 3.05) is 48.8 Å². The van der Waals surface area contributed by atoms with Crippen LogP contribution >= 0.6 is 0 Å². The van der Waals surface area contributed by atoms with Crippen molar-refractivity contribution in [2.24, 2.45) is 17.8 Å². The molecule has 1 aromatic rings. The van der Waals surface area contributed by atoms with Gasteiger partial charge >= 0.3 is 5.97 Å². The summed E-state index contributed by atoms with van der Waals surface area (Å²) in [7, 11) is 9.62. The molecule has 0 spiro atoms. The van der Waals surface area contributed by atoms with Gasteiger partial charge < -0.3 is 34.5 Å². The van der Waals surface area contributed by atoms with E-state index in [1.54, 1.807) is 47.1 Å². The van der Waals surface area contributed by atoms with Crippen LogP contribution in [0.3, 0.4) is 0 Å². The number of unbranched alkanes of at least 4 members (excludes halogenated alkanes) is 8. The molecule has 0 bridgehead atoms. The maximum Gasteiger partial charge on any atom is 0.303 e. The number of hydrogen-bond acceptors (Lipinski definition) is 7. The van der Waals surface area contributed by atoms with Crippen molar-refractivity contribution in [3.8, 4) is 0 Å². The minimum atomic E-state index is -0.994. The van der Waals surface area contributed by atoms with E-state index in [0.717, 1.165) is 56.9 Å². The maximum absolute atomic E-state index is 14.6. The van der Waals surface area contributed by atoms with Crippen molar-refractivity contribution in [1.29, 1.82) is 0 Å². The van der Waals surface area contributed by atoms with Crippen molar-refractivity contribution >= 4 is 41.4 Å². The first-order valence-corrected chi connectivity index (χ1v) is 23.5. The zero-order valence-corrected chi connectivity index (χ0v) is 41.7. The summed E-state index contributed by atoms with van der Waals surface area (Å²) in [4.78, 5) is 105. The van der Waals surface area contributed by atoms with Crippen LogP contribution in [-0.2, 0) is 40.0 Å². The molecule has 0 aliphatic heterocycles. The lowest BCUT2D eigenvalue weighted by Crippen LogP contribution is -2.61. The zero-order valence-electron chi connectivity index (χ0n) is 41.7. The summed E-state index contributed by atoms with van der Waals surface area (Å²) in [5, 5.41) is 8.86. The van der Waals surface area contributed by atoms with E-state index in [1.807, 2.05) is 78.0 Å². The van der Waals surface area contributed by atoms with Gasteiger partial charge in [0, 0.05) is 68.1 Å². The lowest BCUT2D eigenvalue weighted by atomic mass is 9.94. The predicted molar refractivity (Wildman–Crippen MR) is 254 cm³/mol. The number of rotatable bonds is 30. The van der Waals surface area contributed by atoms with Crippen LogP contribution in [0.25, 0.3) is 0 Å². The highest BCUT2D eigenvalue weighted by Gasteiger charge is 2.43. The Balaban J connectivity index is 3.27. The Morgan fingerprint density at radius 1 is 0.531 bits per heavy atom. The van der Waals surface area contributed by atoms with Gasteiger partial charge in [0.1, 0.15) is 30.2 Å². The highest BCUT2D eigenvalue weighted by atomic mass is 16.4. The van der Waals surface area contributed by atoms with Gasteiger partial charge in [0.25, 0.3) is 0 Å². The van der Waals surface area contributed by atoms with Crippen LogP contribution in [0.4, 0.5) is 0 Å². The molecule has 0 saturated heterocycles. The lowest BCUT2D eigenvalue weighted by Gasteiger charge is -2.41. The van der Waals surface area contributed by atoms with E-state index in [9.17, 15) is 33.6 Å². The molecule has 0 fully saturated rings. The molecule has 0 aromatic heterocycles. The van der Waals surface area contributed by atoms with Gasteiger partial charge in [-0.05, 0) is 62.3 Å². The molecule has 0 radical (unpaired) electrons. The molecule has 6 amide bonds. The van der Waals surface area contributed by atoms with Gasteiger partial charge in [0.05, 0.1) is 0 Å². The first kappa shape index (κ1) is 57.3. The minimum Gasteiger partial charge on any atom is -0.481 e. The van der Waals surface area contributed by atoms with Crippen molar-refractivity contribution < 1.29 is 38.7 Å². The molecule has 1 rings (SSSR count). The van der Waals surface area contributed by atoms with Gasteiger partial charge in [-0.3, -0.25) is 33.6 Å². The topological polar surface area (TPSA) is 159 Å². The molecule has 0 aliphatic carbocycles. The van der Waals surface area contributed by atoms with E-state index < -0.39 is 53.9 Å². The number of aliphatic carboxylic acids is 1. The number of likely N-dealkylation sites (N-methyl/N-ethyl adjacent to an activating group) is 6. The number of carbonyl (C=O) groups excluding carboxylic acids is 6. The summed E-state index contributed by atoms with van der Waals surface area (Å²) in [5.41, 5.74) is 0.878. The fourth-order valence-corrected chi connectivity index (χ4v) is 8.40. The van der Waals surface area contributed by atoms with Crippen molar-refractivity contribution in [1.82, 2.24) is 29.4 Å². The normalized spacial score (nSPS) is 13.7. The van der Waals surface area contributed by atoms with Crippen LogP contribution in [0.15, 0.2) is 43.0 Å². The van der Waals surface area contributed by atoms with Crippen LogP contribution in [-0.4, -0.2) is 155 Å². The van der Waals surface area contributed by atoms with E-state index in [0.29, 0.717) is 25.8 Å². The van der Waals surface area contributed by atoms with Crippen LogP contribution < -0.4 is 0 Å². The smallest absolute Gasteiger partial charge is 0.303 e. The van der Waals surface area contributed by atoms with Gasteiger partial charge in [-0.2, -0.15) is 0 Å². The molecule has 0 saturated carbocycles. The summed E-state index contributed by atoms with van der Waals surface area (Å²) < 4.78 is 0. The van der Waals surface area contributed by atoms with Crippen LogP contribution in [0, 0.1) is 17.8 Å². The second-order valence-electron chi connectivity index (χ2n) is 18.7. The van der Waals surface area contributed by atoms with Crippen LogP contribution in [0.2, 0.25) is 0 Å². The number of carbonyl (C=O) groups is 7. The molecule has 14 heteroatoms. The highest BCUT2D eigenvalue weighted by molar-refractivity contribution is 5.96. The van der Waals surface area contributed by atoms with E-state index in [-0.39, 0.29) is 48.3 Å². The van der Waals surface area contributed by atoms with Crippen molar-refractivity contribution in [3.63, 3.8) is 0 Å². The highest BCUT2D eigenvalue weighted by Crippen LogP contribution is 2.24. The van der Waals surface area contributed by atoms with E-state index in [2.05, 4.69) is 6.58 Å². The monoisotopic (exact) mass is 897 g/mol. The average Bonchev–Trinajstić information content (AvgIpc) is 3.24. The summed E-state index contributed by atoms with van der Waals surface area (Å²) in [6.45, 7) is 17.0. The number of nitrogens with zero attached hydrogens (tertiary/aromatic N) is 6. The fourth-order valence-electron chi connectivity index (χ4n) is 8.40. The SMILES string of the molecule is C=CCCCCCC(=O)N(C)[C@H](C(=O)N(C)[C@H](C(=O)N(C)[C@H](C(=O)N(C)[C@@H](C)C(=O)N(C)[C@@H](Cc1ccccc1)C(=O)N(C)CCCCCCCCC(=O)O)C(C)C)C(C)C)C(C)C. The summed E-state index contributed by atoms with van der Waals surface area (Å²) in [6.07, 6.45) is 11.0. The van der Waals surface area contributed by atoms with Gasteiger partial charge in [0.2, 0.25) is 35.4 Å². The molecular weight excluding hydrogens is 813 g/mol. The third kappa shape index (κ3) is 17.7. The third-order valence-electron chi connectivity index (χ3n) is 12.5. The molecule has 5 atom stereocenters. The Morgan fingerprint density at radius 2 is 0.969 bits per heavy atom. The Hall–Kier alpha value is -4.75. The number of allylic oxidation sites excluding steroid dienone is 1. The number of carboxylic acid groups (broad SMARTS) is 1. The largest absolute Gasteiger partial charge is 0.481 e. The number of hydrogen-bond donors (Lipinski definition) is 1. The first-order valence-electron chi connectivity index (χ1n) is 23.5. The zero-order chi connectivity index (χ0) is 48.8. The van der Waals surface area contributed by atoms with Crippen molar-refractivity contribution in [2.45, 2.75) is 162 Å². The third-order valence-corrected chi connectivity index (χ3v) is 12.5. The number of amides is 6. The van der Waals surface area contributed by atoms with E-state index in [4.69, 9.17) is 5.11 Å². The molecule has 0 heterocycles. The van der Waals surface area contributed by atoms with Gasteiger partial charge in [-0.15, -0.1) is 6.58 Å². The summed E-state index contributed by atoms with van der Waals surface area (Å²) in [6, 6.07) is 4.89. The molecule has 0 aliphatic rings. The van der Waals surface area contributed by atoms with E-state index >= 15 is 0 Å². The van der Waals surface area contributed by atoms with Gasteiger partial charge in [-0.25, -0.2) is 0 Å².